The van der Waals surface area contributed by atoms with E-state index >= 15 is 0 Å². The van der Waals surface area contributed by atoms with Crippen molar-refractivity contribution in [2.75, 3.05) is 13.2 Å². The molecule has 0 radical (unpaired) electrons. The average molecular weight is 264 g/mol. The molecule has 0 saturated heterocycles. The van der Waals surface area contributed by atoms with Crippen LogP contribution in [-0.4, -0.2) is 24.0 Å². The number of hydrogen-bond acceptors (Lipinski definition) is 4. The van der Waals surface area contributed by atoms with Crippen LogP contribution in [0, 0.1) is 10.1 Å². The molecule has 6 nitrogen and oxygen atoms in total. The van der Waals surface area contributed by atoms with Gasteiger partial charge in [-0.2, -0.15) is 0 Å². The van der Waals surface area contributed by atoms with E-state index in [0.717, 1.165) is 12.8 Å². The van der Waals surface area contributed by atoms with Gasteiger partial charge in [0.25, 0.3) is 5.69 Å². The molecule has 0 saturated carbocycles. The molecule has 1 aromatic carbocycles. The van der Waals surface area contributed by atoms with Crippen LogP contribution >= 0.6 is 0 Å². The molecular weight excluding hydrogens is 248 g/mol. The minimum Gasteiger partial charge on any atom is -0.494 e. The molecule has 0 aliphatic carbocycles. The van der Waals surface area contributed by atoms with Gasteiger partial charge in [0.1, 0.15) is 5.75 Å². The lowest BCUT2D eigenvalue weighted by Gasteiger charge is -2.06. The van der Waals surface area contributed by atoms with Crippen LogP contribution in [0.2, 0.25) is 0 Å². The van der Waals surface area contributed by atoms with E-state index in [1.54, 1.807) is 12.1 Å². The van der Waals surface area contributed by atoms with E-state index in [2.05, 4.69) is 11.9 Å². The second kappa shape index (κ2) is 7.86. The Balaban J connectivity index is 2.17. The van der Waals surface area contributed by atoms with Crippen LogP contribution in [0.1, 0.15) is 12.8 Å². The standard InChI is InChI=1S/C13H16N2O4/c1-2-13(16)14-9-3-4-10-19-12-7-5-11(6-8-12)15(17)18/h2,5-8H,1,3-4,9-10H2,(H,14,16). The zero-order valence-electron chi connectivity index (χ0n) is 10.5. The van der Waals surface area contributed by atoms with Crippen molar-refractivity contribution < 1.29 is 14.5 Å². The Labute approximate surface area is 111 Å². The molecule has 0 heterocycles. The molecule has 0 aromatic heterocycles. The van der Waals surface area contributed by atoms with Gasteiger partial charge < -0.3 is 10.1 Å². The van der Waals surface area contributed by atoms with Crippen molar-refractivity contribution in [3.63, 3.8) is 0 Å². The fourth-order valence-electron chi connectivity index (χ4n) is 1.36. The molecule has 0 bridgehead atoms. The van der Waals surface area contributed by atoms with Crippen LogP contribution in [0.25, 0.3) is 0 Å². The van der Waals surface area contributed by atoms with Gasteiger partial charge in [0.2, 0.25) is 5.91 Å². The molecular formula is C13H16N2O4. The Morgan fingerprint density at radius 1 is 1.37 bits per heavy atom. The summed E-state index contributed by atoms with van der Waals surface area (Å²) in [5.74, 6) is 0.414. The first-order valence-electron chi connectivity index (χ1n) is 5.91. The lowest BCUT2D eigenvalue weighted by Crippen LogP contribution is -2.22. The summed E-state index contributed by atoms with van der Waals surface area (Å²) in [6.45, 7) is 4.43. The third-order valence-corrected chi connectivity index (χ3v) is 2.37. The second-order valence-corrected chi connectivity index (χ2v) is 3.80. The van der Waals surface area contributed by atoms with Crippen molar-refractivity contribution in [3.8, 4) is 5.75 Å². The number of carbonyl (C=O) groups excluding carboxylic acids is 1. The summed E-state index contributed by atoms with van der Waals surface area (Å²) in [6, 6.07) is 5.94. The van der Waals surface area contributed by atoms with Crippen LogP contribution in [0.3, 0.4) is 0 Å². The van der Waals surface area contributed by atoms with Crippen LogP contribution in [0.4, 0.5) is 5.69 Å². The number of benzene rings is 1. The number of unbranched alkanes of at least 4 members (excludes halogenated alkanes) is 1. The van der Waals surface area contributed by atoms with E-state index in [4.69, 9.17) is 4.74 Å². The van der Waals surface area contributed by atoms with Gasteiger partial charge >= 0.3 is 0 Å². The Morgan fingerprint density at radius 2 is 2.05 bits per heavy atom. The van der Waals surface area contributed by atoms with Crippen LogP contribution in [0.15, 0.2) is 36.9 Å². The highest BCUT2D eigenvalue weighted by Gasteiger charge is 2.03. The van der Waals surface area contributed by atoms with E-state index in [1.807, 2.05) is 0 Å². The van der Waals surface area contributed by atoms with Crippen molar-refractivity contribution in [1.29, 1.82) is 0 Å². The molecule has 0 atom stereocenters. The number of nitrogens with zero attached hydrogens (tertiary/aromatic N) is 1. The monoisotopic (exact) mass is 264 g/mol. The highest BCUT2D eigenvalue weighted by atomic mass is 16.6. The number of nitro groups is 1. The maximum atomic E-state index is 10.8. The number of amides is 1. The molecule has 0 unspecified atom stereocenters. The lowest BCUT2D eigenvalue weighted by atomic mass is 10.3. The van der Waals surface area contributed by atoms with Crippen molar-refractivity contribution >= 4 is 11.6 Å². The fourth-order valence-corrected chi connectivity index (χ4v) is 1.36. The van der Waals surface area contributed by atoms with Crippen molar-refractivity contribution in [1.82, 2.24) is 5.32 Å². The summed E-state index contributed by atoms with van der Waals surface area (Å²) in [5, 5.41) is 13.1. The first-order chi connectivity index (χ1) is 9.13. The summed E-state index contributed by atoms with van der Waals surface area (Å²) < 4.78 is 5.42. The highest BCUT2D eigenvalue weighted by Crippen LogP contribution is 2.17. The van der Waals surface area contributed by atoms with Gasteiger partial charge in [-0.05, 0) is 31.1 Å². The SMILES string of the molecule is C=CC(=O)NCCCCOc1ccc([N+](=O)[O-])cc1. The zero-order chi connectivity index (χ0) is 14.1. The molecule has 0 aliphatic rings. The highest BCUT2D eigenvalue weighted by molar-refractivity contribution is 5.86. The van der Waals surface area contributed by atoms with Crippen molar-refractivity contribution in [2.45, 2.75) is 12.8 Å². The zero-order valence-corrected chi connectivity index (χ0v) is 10.5. The summed E-state index contributed by atoms with van der Waals surface area (Å²) in [6.07, 6.45) is 2.81. The average Bonchev–Trinajstić information content (AvgIpc) is 2.42. The number of ether oxygens (including phenoxy) is 1. The van der Waals surface area contributed by atoms with Gasteiger partial charge in [0.15, 0.2) is 0 Å². The normalized spacial score (nSPS) is 9.68. The molecule has 0 spiro atoms. The number of nitro benzene ring substituents is 1. The number of rotatable bonds is 8. The molecule has 1 rings (SSSR count). The van der Waals surface area contributed by atoms with E-state index in [1.165, 1.54) is 18.2 Å². The largest absolute Gasteiger partial charge is 0.494 e. The quantitative estimate of drug-likeness (QED) is 0.337. The Hall–Kier alpha value is -2.37. The second-order valence-electron chi connectivity index (χ2n) is 3.80. The first kappa shape index (κ1) is 14.7. The maximum absolute atomic E-state index is 10.8. The summed E-state index contributed by atoms with van der Waals surface area (Å²) in [7, 11) is 0. The van der Waals surface area contributed by atoms with Crippen molar-refractivity contribution in [3.05, 3.63) is 47.0 Å². The molecule has 6 heteroatoms. The predicted molar refractivity (Wildman–Crippen MR) is 71.0 cm³/mol. The third-order valence-electron chi connectivity index (χ3n) is 2.37. The Bertz CT molecular complexity index is 442. The molecule has 0 aliphatic heterocycles. The minimum atomic E-state index is -0.452. The lowest BCUT2D eigenvalue weighted by molar-refractivity contribution is -0.384. The van der Waals surface area contributed by atoms with Gasteiger partial charge in [-0.1, -0.05) is 6.58 Å². The Kier molecular flexibility index (Phi) is 6.08. The number of carbonyl (C=O) groups is 1. The summed E-state index contributed by atoms with van der Waals surface area (Å²) in [5.41, 5.74) is 0.0412. The van der Waals surface area contributed by atoms with Gasteiger partial charge in [-0.3, -0.25) is 14.9 Å². The van der Waals surface area contributed by atoms with E-state index in [-0.39, 0.29) is 11.6 Å². The number of non-ortho nitro benzene ring substituents is 1. The number of nitrogens with one attached hydrogen (secondary N) is 1. The smallest absolute Gasteiger partial charge is 0.269 e. The van der Waals surface area contributed by atoms with Crippen LogP contribution in [-0.2, 0) is 4.79 Å². The van der Waals surface area contributed by atoms with Gasteiger partial charge in [-0.15, -0.1) is 0 Å². The Morgan fingerprint density at radius 3 is 2.63 bits per heavy atom. The predicted octanol–water partition coefficient (Wildman–Crippen LogP) is 2.06. The summed E-state index contributed by atoms with van der Waals surface area (Å²) in [4.78, 5) is 20.8. The van der Waals surface area contributed by atoms with Crippen molar-refractivity contribution in [2.24, 2.45) is 0 Å². The maximum Gasteiger partial charge on any atom is 0.269 e. The number of hydrogen-bond donors (Lipinski definition) is 1. The molecule has 1 aromatic rings. The fraction of sp³-hybridized carbons (Fsp3) is 0.308. The summed E-state index contributed by atoms with van der Waals surface area (Å²) >= 11 is 0. The molecule has 102 valence electrons. The van der Waals surface area contributed by atoms with E-state index in [9.17, 15) is 14.9 Å². The van der Waals surface area contributed by atoms with E-state index < -0.39 is 4.92 Å². The van der Waals surface area contributed by atoms with Gasteiger partial charge in [0, 0.05) is 18.7 Å². The van der Waals surface area contributed by atoms with Crippen LogP contribution in [0.5, 0.6) is 5.75 Å². The van der Waals surface area contributed by atoms with Crippen LogP contribution < -0.4 is 10.1 Å². The van der Waals surface area contributed by atoms with E-state index in [0.29, 0.717) is 18.9 Å². The van der Waals surface area contributed by atoms with Gasteiger partial charge in [0.05, 0.1) is 11.5 Å². The molecule has 19 heavy (non-hydrogen) atoms. The molecule has 1 N–H and O–H groups in total. The topological polar surface area (TPSA) is 81.5 Å². The first-order valence-corrected chi connectivity index (χ1v) is 5.91. The molecule has 0 fully saturated rings. The minimum absolute atomic E-state index is 0.0412. The van der Waals surface area contributed by atoms with Gasteiger partial charge in [-0.25, -0.2) is 0 Å². The molecule has 1 amide bonds. The third kappa shape index (κ3) is 5.67.